The van der Waals surface area contributed by atoms with E-state index in [0.29, 0.717) is 10.7 Å². The van der Waals surface area contributed by atoms with Crippen molar-refractivity contribution in [3.8, 4) is 0 Å². The van der Waals surface area contributed by atoms with Gasteiger partial charge in [-0.15, -0.1) is 0 Å². The first kappa shape index (κ1) is 13.7. The molecule has 0 heterocycles. The second-order valence-electron chi connectivity index (χ2n) is 3.76. The molecule has 0 saturated carbocycles. The zero-order valence-electron chi connectivity index (χ0n) is 9.39. The maximum atomic E-state index is 11.9. The average molecular weight is 349 g/mol. The molecule has 0 atom stereocenters. The smallest absolute Gasteiger partial charge is 0.229 e. The van der Waals surface area contributed by atoms with Crippen LogP contribution in [0, 0.1) is 19.8 Å². The van der Waals surface area contributed by atoms with Crippen molar-refractivity contribution < 1.29 is 4.79 Å². The summed E-state index contributed by atoms with van der Waals surface area (Å²) in [6.45, 7) is 4.00. The van der Waals surface area contributed by atoms with E-state index >= 15 is 0 Å². The first-order chi connectivity index (χ1) is 7.60. The van der Waals surface area contributed by atoms with Crippen LogP contribution in [0.15, 0.2) is 18.2 Å². The summed E-state index contributed by atoms with van der Waals surface area (Å²) in [6, 6.07) is 5.99. The molecule has 2 nitrogen and oxygen atoms in total. The largest absolute Gasteiger partial charge is 0.325 e. The number of hydrogen-bond donors (Lipinski definition) is 1. The van der Waals surface area contributed by atoms with Gasteiger partial charge in [-0.05, 0) is 25.0 Å². The number of nitrogens with one attached hydrogen (secondary N) is 1. The third kappa shape index (κ3) is 3.32. The Morgan fingerprint density at radius 1 is 1.25 bits per heavy atom. The molecule has 0 bridgehead atoms. The van der Waals surface area contributed by atoms with E-state index in [9.17, 15) is 4.79 Å². The lowest BCUT2D eigenvalue weighted by molar-refractivity contribution is -0.118. The molecule has 4 heteroatoms. The fourth-order valence-corrected chi connectivity index (χ4v) is 3.08. The highest BCUT2D eigenvalue weighted by molar-refractivity contribution is 9.09. The Labute approximate surface area is 113 Å². The van der Waals surface area contributed by atoms with Gasteiger partial charge >= 0.3 is 0 Å². The van der Waals surface area contributed by atoms with E-state index in [-0.39, 0.29) is 11.8 Å². The van der Waals surface area contributed by atoms with Crippen molar-refractivity contribution in [3.63, 3.8) is 0 Å². The Hall–Kier alpha value is -0.350. The second kappa shape index (κ2) is 6.40. The predicted octanol–water partition coefficient (Wildman–Crippen LogP) is 3.65. The van der Waals surface area contributed by atoms with Gasteiger partial charge < -0.3 is 5.32 Å². The highest BCUT2D eigenvalue weighted by Gasteiger charge is 2.17. The van der Waals surface area contributed by atoms with Crippen molar-refractivity contribution in [2.24, 2.45) is 5.92 Å². The van der Waals surface area contributed by atoms with Crippen LogP contribution in [0.4, 0.5) is 5.69 Å². The van der Waals surface area contributed by atoms with E-state index in [1.54, 1.807) is 0 Å². The molecule has 1 aromatic rings. The molecule has 0 fully saturated rings. The molecular weight excluding hydrogens is 334 g/mol. The van der Waals surface area contributed by atoms with E-state index in [2.05, 4.69) is 37.2 Å². The van der Waals surface area contributed by atoms with Gasteiger partial charge in [0.05, 0.1) is 5.92 Å². The number of anilines is 1. The SMILES string of the molecule is Cc1cccc(C)c1NC(=O)C(CBr)CBr. The molecule has 0 spiro atoms. The molecule has 0 aliphatic heterocycles. The molecule has 0 aliphatic carbocycles. The predicted molar refractivity (Wildman–Crippen MR) is 75.6 cm³/mol. The summed E-state index contributed by atoms with van der Waals surface area (Å²) < 4.78 is 0. The molecule has 0 radical (unpaired) electrons. The molecule has 88 valence electrons. The highest BCUT2D eigenvalue weighted by atomic mass is 79.9. The molecule has 0 saturated heterocycles. The van der Waals surface area contributed by atoms with Gasteiger partial charge in [0, 0.05) is 16.3 Å². The molecule has 0 aliphatic rings. The molecule has 1 N–H and O–H groups in total. The minimum atomic E-state index is -0.0426. The van der Waals surface area contributed by atoms with Crippen molar-refractivity contribution in [2.45, 2.75) is 13.8 Å². The van der Waals surface area contributed by atoms with Crippen LogP contribution < -0.4 is 5.32 Å². The van der Waals surface area contributed by atoms with Crippen LogP contribution in [-0.2, 0) is 4.79 Å². The van der Waals surface area contributed by atoms with Crippen LogP contribution in [-0.4, -0.2) is 16.6 Å². The van der Waals surface area contributed by atoms with Gasteiger partial charge in [0.2, 0.25) is 5.91 Å². The quantitative estimate of drug-likeness (QED) is 0.827. The monoisotopic (exact) mass is 347 g/mol. The fourth-order valence-electron chi connectivity index (χ4n) is 1.42. The lowest BCUT2D eigenvalue weighted by atomic mass is 10.1. The molecule has 1 aromatic carbocycles. The standard InChI is InChI=1S/C12H15Br2NO/c1-8-4-3-5-9(2)11(8)15-12(16)10(6-13)7-14/h3-5,10H,6-7H2,1-2H3,(H,15,16). The first-order valence-electron chi connectivity index (χ1n) is 5.09. The molecule has 1 amide bonds. The number of benzene rings is 1. The summed E-state index contributed by atoms with van der Waals surface area (Å²) in [6.07, 6.45) is 0. The van der Waals surface area contributed by atoms with Crippen molar-refractivity contribution in [2.75, 3.05) is 16.0 Å². The van der Waals surface area contributed by atoms with Gasteiger partial charge in [0.15, 0.2) is 0 Å². The Kier molecular flexibility index (Phi) is 5.49. The Balaban J connectivity index is 2.84. The summed E-state index contributed by atoms with van der Waals surface area (Å²) in [4.78, 5) is 11.9. The summed E-state index contributed by atoms with van der Waals surface area (Å²) >= 11 is 6.67. The maximum absolute atomic E-state index is 11.9. The second-order valence-corrected chi connectivity index (χ2v) is 5.06. The first-order valence-corrected chi connectivity index (χ1v) is 7.33. The van der Waals surface area contributed by atoms with Gasteiger partial charge in [-0.2, -0.15) is 0 Å². The van der Waals surface area contributed by atoms with Crippen LogP contribution in [0.3, 0.4) is 0 Å². The number of hydrogen-bond acceptors (Lipinski definition) is 1. The fraction of sp³-hybridized carbons (Fsp3) is 0.417. The summed E-state index contributed by atoms with van der Waals surface area (Å²) in [5, 5.41) is 4.30. The van der Waals surface area contributed by atoms with Crippen LogP contribution in [0.5, 0.6) is 0 Å². The minimum Gasteiger partial charge on any atom is -0.325 e. The van der Waals surface area contributed by atoms with E-state index < -0.39 is 0 Å². The topological polar surface area (TPSA) is 29.1 Å². The number of halogens is 2. The van der Waals surface area contributed by atoms with Crippen molar-refractivity contribution in [1.82, 2.24) is 0 Å². The molecule has 1 rings (SSSR count). The lowest BCUT2D eigenvalue weighted by Gasteiger charge is -2.15. The molecule has 0 aromatic heterocycles. The number of para-hydroxylation sites is 1. The number of carbonyl (C=O) groups is 1. The lowest BCUT2D eigenvalue weighted by Crippen LogP contribution is -2.25. The van der Waals surface area contributed by atoms with Crippen LogP contribution >= 0.6 is 31.9 Å². The van der Waals surface area contributed by atoms with E-state index in [1.165, 1.54) is 0 Å². The minimum absolute atomic E-state index is 0.0426. The van der Waals surface area contributed by atoms with Gasteiger partial charge in [-0.3, -0.25) is 4.79 Å². The van der Waals surface area contributed by atoms with Crippen molar-refractivity contribution >= 4 is 43.5 Å². The van der Waals surface area contributed by atoms with Gasteiger partial charge in [-0.1, -0.05) is 50.1 Å². The van der Waals surface area contributed by atoms with Gasteiger partial charge in [0.25, 0.3) is 0 Å². The third-order valence-electron chi connectivity index (χ3n) is 2.47. The summed E-state index contributed by atoms with van der Waals surface area (Å²) in [5.41, 5.74) is 3.12. The van der Waals surface area contributed by atoms with Crippen molar-refractivity contribution in [3.05, 3.63) is 29.3 Å². The number of alkyl halides is 2. The zero-order valence-corrected chi connectivity index (χ0v) is 12.6. The number of amides is 1. The average Bonchev–Trinajstić information content (AvgIpc) is 2.25. The maximum Gasteiger partial charge on any atom is 0.229 e. The van der Waals surface area contributed by atoms with E-state index in [0.717, 1.165) is 16.8 Å². The number of rotatable bonds is 4. The van der Waals surface area contributed by atoms with Gasteiger partial charge in [0.1, 0.15) is 0 Å². The number of carbonyl (C=O) groups excluding carboxylic acids is 1. The molecule has 16 heavy (non-hydrogen) atoms. The Morgan fingerprint density at radius 2 is 1.75 bits per heavy atom. The Bertz CT molecular complexity index is 355. The van der Waals surface area contributed by atoms with Crippen LogP contribution in [0.2, 0.25) is 0 Å². The Morgan fingerprint density at radius 3 is 2.19 bits per heavy atom. The van der Waals surface area contributed by atoms with Crippen LogP contribution in [0.25, 0.3) is 0 Å². The molecular formula is C12H15Br2NO. The zero-order chi connectivity index (χ0) is 12.1. The summed E-state index contributed by atoms with van der Waals surface area (Å²) in [5.74, 6) is 0.00477. The number of aryl methyl sites for hydroxylation is 2. The van der Waals surface area contributed by atoms with Crippen LogP contribution in [0.1, 0.15) is 11.1 Å². The van der Waals surface area contributed by atoms with Crippen molar-refractivity contribution in [1.29, 1.82) is 0 Å². The highest BCUT2D eigenvalue weighted by Crippen LogP contribution is 2.20. The van der Waals surface area contributed by atoms with E-state index in [1.807, 2.05) is 32.0 Å². The van der Waals surface area contributed by atoms with E-state index in [4.69, 9.17) is 0 Å². The molecule has 0 unspecified atom stereocenters. The normalized spacial score (nSPS) is 10.6. The summed E-state index contributed by atoms with van der Waals surface area (Å²) in [7, 11) is 0. The third-order valence-corrected chi connectivity index (χ3v) is 4.04. The van der Waals surface area contributed by atoms with Gasteiger partial charge in [-0.25, -0.2) is 0 Å².